The van der Waals surface area contributed by atoms with Gasteiger partial charge in [0.2, 0.25) is 5.88 Å². The zero-order chi connectivity index (χ0) is 13.1. The predicted molar refractivity (Wildman–Crippen MR) is 65.4 cm³/mol. The average Bonchev–Trinajstić information content (AvgIpc) is 2.34. The molecule has 0 aliphatic heterocycles. The van der Waals surface area contributed by atoms with Gasteiger partial charge in [0.05, 0.1) is 6.20 Å². The van der Waals surface area contributed by atoms with Crippen LogP contribution in [0.2, 0.25) is 0 Å². The first kappa shape index (κ1) is 12.5. The van der Waals surface area contributed by atoms with Crippen LogP contribution in [0, 0.1) is 5.82 Å². The Balaban J connectivity index is 2.34. The van der Waals surface area contributed by atoms with Crippen molar-refractivity contribution in [1.82, 2.24) is 4.98 Å². The number of nitrogens with zero attached hydrogens (tertiary/aromatic N) is 1. The Hall–Kier alpha value is -1.95. The normalized spacial score (nSPS) is 10.1. The summed E-state index contributed by atoms with van der Waals surface area (Å²) in [4.78, 5) is 14.7. The molecule has 1 aromatic carbocycles. The zero-order valence-electron chi connectivity index (χ0n) is 8.93. The van der Waals surface area contributed by atoms with E-state index >= 15 is 0 Å². The zero-order valence-corrected chi connectivity index (χ0v) is 10.5. The number of halogens is 2. The van der Waals surface area contributed by atoms with Gasteiger partial charge in [0.15, 0.2) is 0 Å². The van der Waals surface area contributed by atoms with Crippen molar-refractivity contribution in [2.75, 3.05) is 0 Å². The van der Waals surface area contributed by atoms with Crippen molar-refractivity contribution in [3.63, 3.8) is 0 Å². The molecule has 1 heterocycles. The lowest BCUT2D eigenvalue weighted by atomic mass is 10.2. The molecule has 6 heteroatoms. The highest BCUT2D eigenvalue weighted by molar-refractivity contribution is 9.10. The lowest BCUT2D eigenvalue weighted by Gasteiger charge is -2.07. The Morgan fingerprint density at radius 1 is 1.33 bits per heavy atom. The number of carboxylic acid groups (broad SMARTS) is 1. The molecule has 0 spiro atoms. The van der Waals surface area contributed by atoms with Crippen LogP contribution in [0.25, 0.3) is 0 Å². The molecule has 1 aromatic heterocycles. The van der Waals surface area contributed by atoms with Gasteiger partial charge in [-0.1, -0.05) is 15.9 Å². The Morgan fingerprint density at radius 3 is 2.72 bits per heavy atom. The first-order valence-corrected chi connectivity index (χ1v) is 5.68. The lowest BCUT2D eigenvalue weighted by Crippen LogP contribution is -2.00. The van der Waals surface area contributed by atoms with Crippen LogP contribution < -0.4 is 4.74 Å². The standard InChI is InChI=1S/C12H7BrFNO3/c13-7-1-3-10(9(5-7)12(16)17)18-11-4-2-8(14)6-15-11/h1-6H,(H,16,17). The summed E-state index contributed by atoms with van der Waals surface area (Å²) in [5.41, 5.74) is -0.00417. The molecule has 2 rings (SSSR count). The van der Waals surface area contributed by atoms with Crippen LogP contribution >= 0.6 is 15.9 Å². The maximum Gasteiger partial charge on any atom is 0.339 e. The minimum atomic E-state index is -1.12. The second-order valence-electron chi connectivity index (χ2n) is 3.36. The molecule has 0 unspecified atom stereocenters. The first-order chi connectivity index (χ1) is 8.56. The van der Waals surface area contributed by atoms with Gasteiger partial charge in [-0.15, -0.1) is 0 Å². The lowest BCUT2D eigenvalue weighted by molar-refractivity contribution is 0.0694. The predicted octanol–water partition coefficient (Wildman–Crippen LogP) is 3.47. The highest BCUT2D eigenvalue weighted by Crippen LogP contribution is 2.27. The van der Waals surface area contributed by atoms with E-state index in [2.05, 4.69) is 20.9 Å². The molecule has 92 valence electrons. The van der Waals surface area contributed by atoms with Crippen LogP contribution in [0.3, 0.4) is 0 Å². The summed E-state index contributed by atoms with van der Waals surface area (Å²) >= 11 is 3.18. The fourth-order valence-corrected chi connectivity index (χ4v) is 1.65. The molecule has 0 saturated carbocycles. The number of carbonyl (C=O) groups is 1. The number of hydrogen-bond acceptors (Lipinski definition) is 3. The topological polar surface area (TPSA) is 59.4 Å². The monoisotopic (exact) mass is 311 g/mol. The van der Waals surface area contributed by atoms with Gasteiger partial charge >= 0.3 is 5.97 Å². The smallest absolute Gasteiger partial charge is 0.339 e. The van der Waals surface area contributed by atoms with Crippen molar-refractivity contribution in [3.8, 4) is 11.6 Å². The van der Waals surface area contributed by atoms with Gasteiger partial charge < -0.3 is 9.84 Å². The van der Waals surface area contributed by atoms with E-state index in [4.69, 9.17) is 9.84 Å². The number of ether oxygens (including phenoxy) is 1. The molecule has 0 fully saturated rings. The van der Waals surface area contributed by atoms with Gasteiger partial charge in [-0.25, -0.2) is 14.2 Å². The SMILES string of the molecule is O=C(O)c1cc(Br)ccc1Oc1ccc(F)cn1. The average molecular weight is 312 g/mol. The summed E-state index contributed by atoms with van der Waals surface area (Å²) in [5, 5.41) is 9.03. The molecule has 0 saturated heterocycles. The van der Waals surface area contributed by atoms with Gasteiger partial charge in [0.1, 0.15) is 17.1 Å². The van der Waals surface area contributed by atoms with Crippen LogP contribution in [-0.4, -0.2) is 16.1 Å². The van der Waals surface area contributed by atoms with E-state index in [1.165, 1.54) is 24.3 Å². The van der Waals surface area contributed by atoms with E-state index in [-0.39, 0.29) is 17.2 Å². The van der Waals surface area contributed by atoms with E-state index in [0.29, 0.717) is 4.47 Å². The maximum absolute atomic E-state index is 12.7. The number of benzene rings is 1. The quantitative estimate of drug-likeness (QED) is 0.943. The summed E-state index contributed by atoms with van der Waals surface area (Å²) in [6, 6.07) is 7.07. The number of aromatic nitrogens is 1. The van der Waals surface area contributed by atoms with Gasteiger partial charge in [0.25, 0.3) is 0 Å². The molecule has 0 bridgehead atoms. The fraction of sp³-hybridized carbons (Fsp3) is 0. The third-order valence-electron chi connectivity index (χ3n) is 2.09. The molecule has 0 atom stereocenters. The van der Waals surface area contributed by atoms with E-state index in [9.17, 15) is 9.18 Å². The summed E-state index contributed by atoms with van der Waals surface area (Å²) in [7, 11) is 0. The summed E-state index contributed by atoms with van der Waals surface area (Å²) in [6.45, 7) is 0. The van der Waals surface area contributed by atoms with Crippen molar-refractivity contribution in [1.29, 1.82) is 0 Å². The maximum atomic E-state index is 12.7. The van der Waals surface area contributed by atoms with Crippen molar-refractivity contribution in [2.45, 2.75) is 0 Å². The second kappa shape index (κ2) is 5.14. The van der Waals surface area contributed by atoms with Crippen molar-refractivity contribution < 1.29 is 19.0 Å². The van der Waals surface area contributed by atoms with Crippen LogP contribution in [0.4, 0.5) is 4.39 Å². The van der Waals surface area contributed by atoms with Crippen LogP contribution in [0.1, 0.15) is 10.4 Å². The van der Waals surface area contributed by atoms with Crippen LogP contribution in [0.15, 0.2) is 41.0 Å². The molecule has 1 N–H and O–H groups in total. The minimum absolute atomic E-state index is 0.00417. The molecule has 0 radical (unpaired) electrons. The first-order valence-electron chi connectivity index (χ1n) is 4.88. The third kappa shape index (κ3) is 2.84. The largest absolute Gasteiger partial charge is 0.478 e. The molecule has 0 aliphatic rings. The summed E-state index contributed by atoms with van der Waals surface area (Å²) in [5.74, 6) is -1.34. The number of rotatable bonds is 3. The Bertz CT molecular complexity index is 586. The van der Waals surface area contributed by atoms with Gasteiger partial charge in [-0.3, -0.25) is 0 Å². The molecule has 2 aromatic rings. The number of pyridine rings is 1. The van der Waals surface area contributed by atoms with Gasteiger partial charge in [0, 0.05) is 10.5 Å². The second-order valence-corrected chi connectivity index (χ2v) is 4.28. The summed E-state index contributed by atoms with van der Waals surface area (Å²) < 4.78 is 18.6. The highest BCUT2D eigenvalue weighted by Gasteiger charge is 2.13. The molecular formula is C12H7BrFNO3. The third-order valence-corrected chi connectivity index (χ3v) is 2.58. The van der Waals surface area contributed by atoms with Crippen molar-refractivity contribution >= 4 is 21.9 Å². The number of carboxylic acids is 1. The molecule has 4 nitrogen and oxygen atoms in total. The summed E-state index contributed by atoms with van der Waals surface area (Å²) in [6.07, 6.45) is 0.995. The fourth-order valence-electron chi connectivity index (χ4n) is 1.29. The van der Waals surface area contributed by atoms with E-state index in [0.717, 1.165) is 6.20 Å². The number of aromatic carboxylic acids is 1. The van der Waals surface area contributed by atoms with Crippen molar-refractivity contribution in [2.24, 2.45) is 0 Å². The molecule has 0 amide bonds. The van der Waals surface area contributed by atoms with E-state index < -0.39 is 11.8 Å². The van der Waals surface area contributed by atoms with Crippen LogP contribution in [-0.2, 0) is 0 Å². The number of hydrogen-bond donors (Lipinski definition) is 1. The molecule has 18 heavy (non-hydrogen) atoms. The van der Waals surface area contributed by atoms with Crippen LogP contribution in [0.5, 0.6) is 11.6 Å². The molecule has 0 aliphatic carbocycles. The highest BCUT2D eigenvalue weighted by atomic mass is 79.9. The van der Waals surface area contributed by atoms with Gasteiger partial charge in [-0.2, -0.15) is 0 Å². The van der Waals surface area contributed by atoms with E-state index in [1.54, 1.807) is 6.07 Å². The molecular weight excluding hydrogens is 305 g/mol. The Morgan fingerprint density at radius 2 is 2.11 bits per heavy atom. The van der Waals surface area contributed by atoms with Gasteiger partial charge in [-0.05, 0) is 24.3 Å². The van der Waals surface area contributed by atoms with Crippen molar-refractivity contribution in [3.05, 3.63) is 52.4 Å². The minimum Gasteiger partial charge on any atom is -0.478 e. The Kier molecular flexibility index (Phi) is 3.57. The Labute approximate surface area is 110 Å². The van der Waals surface area contributed by atoms with E-state index in [1.807, 2.05) is 0 Å².